The van der Waals surface area contributed by atoms with Gasteiger partial charge in [0, 0.05) is 47.0 Å². The second kappa shape index (κ2) is 19.1. The summed E-state index contributed by atoms with van der Waals surface area (Å²) in [5.41, 5.74) is -1.46. The number of rotatable bonds is 10. The van der Waals surface area contributed by atoms with Crippen molar-refractivity contribution in [2.45, 2.75) is 11.8 Å². The number of nitro groups is 2. The summed E-state index contributed by atoms with van der Waals surface area (Å²) >= 11 is 0. The van der Waals surface area contributed by atoms with Crippen LogP contribution in [0.15, 0.2) is 121 Å². The van der Waals surface area contributed by atoms with E-state index in [2.05, 4.69) is 30.3 Å². The summed E-state index contributed by atoms with van der Waals surface area (Å²) in [6.07, 6.45) is 0.983. The number of nitrogens with one attached hydrogen (secondary N) is 1. The molecule has 6 rings (SSSR count). The third-order valence-electron chi connectivity index (χ3n) is 7.53. The quantitative estimate of drug-likeness (QED) is 0.0435. The number of non-ortho nitro benzene ring substituents is 2. The van der Waals surface area contributed by atoms with Crippen molar-refractivity contribution in [3.05, 3.63) is 127 Å². The predicted molar refractivity (Wildman–Crippen MR) is 203 cm³/mol. The van der Waals surface area contributed by atoms with Crippen LogP contribution in [-0.4, -0.2) is 58.0 Å². The van der Waals surface area contributed by atoms with E-state index < -0.39 is 35.5 Å². The maximum absolute atomic E-state index is 12.6. The van der Waals surface area contributed by atoms with Gasteiger partial charge in [0.15, 0.2) is 0 Å². The van der Waals surface area contributed by atoms with E-state index in [0.717, 1.165) is 47.3 Å². The number of benzene rings is 5. The molecular weight excluding hydrogens is 868 g/mol. The molecule has 0 atom stereocenters. The van der Waals surface area contributed by atoms with E-state index in [1.807, 2.05) is 0 Å². The molecule has 6 N–H and O–H groups in total. The van der Waals surface area contributed by atoms with Gasteiger partial charge in [-0.3, -0.25) is 25.0 Å². The van der Waals surface area contributed by atoms with Crippen LogP contribution in [0.2, 0.25) is 0 Å². The molecule has 0 spiro atoms. The molecule has 0 aliphatic carbocycles. The number of phenolic OH excluding ortho intramolecular Hbond substituents is 3. The Morgan fingerprint density at radius 1 is 0.797 bits per heavy atom. The van der Waals surface area contributed by atoms with Gasteiger partial charge in [0.2, 0.25) is 20.0 Å². The number of primary sulfonamides is 1. The summed E-state index contributed by atoms with van der Waals surface area (Å²) in [4.78, 5) is 32.8. The van der Waals surface area contributed by atoms with Gasteiger partial charge in [-0.05, 0) is 47.9 Å². The second-order valence-corrected chi connectivity index (χ2v) is 15.0. The van der Waals surface area contributed by atoms with Crippen LogP contribution in [0.25, 0.3) is 16.5 Å². The summed E-state index contributed by atoms with van der Waals surface area (Å²) in [6, 6.07) is 19.4. The number of azo groups is 2. The first-order chi connectivity index (χ1) is 26.7. The summed E-state index contributed by atoms with van der Waals surface area (Å²) in [6.45, 7) is 1.48. The van der Waals surface area contributed by atoms with Gasteiger partial charge in [-0.15, -0.1) is 15.9 Å². The maximum Gasteiger partial charge on any atom is 1.00 e. The number of aromatic hydroxyl groups is 3. The first-order valence-corrected chi connectivity index (χ1v) is 19.1. The average molecular weight is 895 g/mol. The number of aryl methyl sites for hydroxylation is 1. The molecule has 0 aliphatic rings. The Bertz CT molecular complexity index is 2940. The third kappa shape index (κ3) is 11.6. The molecular formula is C33H27CrN10NaO12S2. The van der Waals surface area contributed by atoms with Crippen LogP contribution in [0.3, 0.4) is 0 Å². The predicted octanol–water partition coefficient (Wildman–Crippen LogP) is 2.88. The Balaban J connectivity index is 0.000000305. The van der Waals surface area contributed by atoms with E-state index in [0.29, 0.717) is 5.39 Å². The molecule has 0 saturated heterocycles. The van der Waals surface area contributed by atoms with E-state index in [9.17, 15) is 57.2 Å². The number of nitrogens with two attached hydrogens (primary N) is 1. The summed E-state index contributed by atoms with van der Waals surface area (Å²) < 4.78 is 49.6. The Morgan fingerprint density at radius 2 is 1.36 bits per heavy atom. The molecule has 0 aliphatic heterocycles. The molecule has 6 aromatic rings. The molecule has 22 nitrogen and oxygen atoms in total. The van der Waals surface area contributed by atoms with Gasteiger partial charge in [-0.25, -0.2) is 31.8 Å². The largest absolute Gasteiger partial charge is 1.00 e. The van der Waals surface area contributed by atoms with Crippen molar-refractivity contribution in [3.8, 4) is 22.9 Å². The minimum Gasteiger partial charge on any atom is -0.506 e. The Kier molecular flexibility index (Phi) is 15.4. The molecule has 26 heteroatoms. The van der Waals surface area contributed by atoms with E-state index >= 15 is 0 Å². The van der Waals surface area contributed by atoms with E-state index in [1.54, 1.807) is 18.2 Å². The number of fused-ring (bicyclic) bond motifs is 1. The minimum absolute atomic E-state index is 0. The third-order valence-corrected chi connectivity index (χ3v) is 9.03. The second-order valence-electron chi connectivity index (χ2n) is 11.7. The average Bonchev–Trinajstić information content (AvgIpc) is 3.42. The van der Waals surface area contributed by atoms with Gasteiger partial charge in [-0.1, -0.05) is 36.9 Å². The molecule has 59 heavy (non-hydrogen) atoms. The topological polar surface area (TPSA) is 338 Å². The fourth-order valence-electron chi connectivity index (χ4n) is 4.93. The van der Waals surface area contributed by atoms with Gasteiger partial charge in [0.05, 0.1) is 32.4 Å². The molecule has 0 amide bonds. The molecule has 5 aromatic carbocycles. The van der Waals surface area contributed by atoms with Crippen LogP contribution in [0.5, 0.6) is 17.2 Å². The zero-order chi connectivity index (χ0) is 41.8. The minimum atomic E-state index is -3.98. The molecule has 0 saturated carbocycles. The Morgan fingerprint density at radius 3 is 1.92 bits per heavy atom. The van der Waals surface area contributed by atoms with Crippen LogP contribution >= 0.6 is 0 Å². The Hall–Kier alpha value is -6.04. The van der Waals surface area contributed by atoms with Crippen molar-refractivity contribution in [3.63, 3.8) is 0 Å². The number of aromatic nitrogens is 2. The number of nitrogens with zero attached hydrogens (tertiary/aromatic N) is 8. The van der Waals surface area contributed by atoms with Crippen LogP contribution in [-0.2, 0) is 37.4 Å². The molecule has 0 radical (unpaired) electrons. The van der Waals surface area contributed by atoms with Crippen LogP contribution < -0.4 is 45.0 Å². The van der Waals surface area contributed by atoms with Gasteiger partial charge in [-0.2, -0.15) is 5.11 Å². The van der Waals surface area contributed by atoms with Crippen LogP contribution in [0, 0.1) is 27.2 Å². The van der Waals surface area contributed by atoms with Crippen molar-refractivity contribution in [1.29, 1.82) is 0 Å². The fraction of sp³-hybridized carbons (Fsp3) is 0.0606. The SMILES string of the molecule is CS(=O)(=O)Nc1cccc2ccc(O)c(N=Nc3cc([N+](=O)[O-])ccc3O)c12.Cc1nn(-c2cccc(S(N)(=O)=O)c2)c(=O)[c-]1N=Nc1cc([N+](=O)[O-])ccc1O.[Cr].[Na+]. The first-order valence-electron chi connectivity index (χ1n) is 15.6. The molecule has 1 heterocycles. The standard InChI is InChI=1S/C17H14N4O6S.C16H13N6O6S.Cr.Na/c1-28(26,27)20-12-4-2-3-10-5-7-15(23)17(16(10)12)19-18-13-9-11(21(24)25)6-8-14(13)22;1-9-15(19-18-13-8-11(22(25)26)5-6-14(13)23)16(24)21(20-9)10-3-2-4-12(7-10)29(17,27)28;;/h2-9,20,22-23H,1H3;2-8,23H,1H3,(H2,17,27,28);;/q;-1;;+1. The zero-order valence-electron chi connectivity index (χ0n) is 30.6. The fourth-order valence-corrected chi connectivity index (χ4v) is 6.06. The van der Waals surface area contributed by atoms with Crippen molar-refractivity contribution >= 4 is 70.6 Å². The van der Waals surface area contributed by atoms with Crippen LogP contribution in [0.1, 0.15) is 5.69 Å². The normalized spacial score (nSPS) is 11.4. The number of hydrogen-bond donors (Lipinski definition) is 5. The summed E-state index contributed by atoms with van der Waals surface area (Å²) in [7, 11) is -7.59. The summed E-state index contributed by atoms with van der Waals surface area (Å²) in [5, 5.41) is 76.7. The van der Waals surface area contributed by atoms with Crippen molar-refractivity contribution in [1.82, 2.24) is 9.78 Å². The van der Waals surface area contributed by atoms with Crippen molar-refractivity contribution < 1.29 is 88.9 Å². The van der Waals surface area contributed by atoms with Gasteiger partial charge in [0.1, 0.15) is 39.9 Å². The van der Waals surface area contributed by atoms with Gasteiger partial charge in [0.25, 0.3) is 11.4 Å². The van der Waals surface area contributed by atoms with E-state index in [-0.39, 0.29) is 126 Å². The van der Waals surface area contributed by atoms with E-state index in [1.165, 1.54) is 43.3 Å². The number of phenols is 3. The smallest absolute Gasteiger partial charge is 0.506 e. The maximum atomic E-state index is 12.6. The zero-order valence-corrected chi connectivity index (χ0v) is 35.5. The number of nitro benzene ring substituents is 2. The molecule has 0 bridgehead atoms. The number of hydrogen-bond acceptors (Lipinski definition) is 17. The van der Waals surface area contributed by atoms with Gasteiger partial charge >= 0.3 is 29.6 Å². The number of anilines is 1. The molecule has 300 valence electrons. The first kappa shape index (κ1) is 47.3. The molecule has 1 aromatic heterocycles. The van der Waals surface area contributed by atoms with E-state index in [4.69, 9.17) is 5.14 Å². The van der Waals surface area contributed by atoms with Crippen molar-refractivity contribution in [2.75, 3.05) is 11.0 Å². The molecule has 0 fully saturated rings. The van der Waals surface area contributed by atoms with Gasteiger partial charge < -0.3 is 25.2 Å². The van der Waals surface area contributed by atoms with Crippen molar-refractivity contribution in [2.24, 2.45) is 25.6 Å². The number of sulfonamides is 2. The molecule has 0 unspecified atom stereocenters. The van der Waals surface area contributed by atoms with Crippen LogP contribution in [0.4, 0.5) is 39.8 Å². The Labute approximate surface area is 365 Å². The summed E-state index contributed by atoms with van der Waals surface area (Å²) in [5.74, 6) is -0.995. The monoisotopic (exact) mass is 894 g/mol.